The number of rotatable bonds is 7. The van der Waals surface area contributed by atoms with Crippen LogP contribution >= 0.6 is 0 Å². The summed E-state index contributed by atoms with van der Waals surface area (Å²) in [5, 5.41) is 5.17. The van der Waals surface area contributed by atoms with Crippen LogP contribution in [-0.2, 0) is 14.3 Å². The summed E-state index contributed by atoms with van der Waals surface area (Å²) in [6.07, 6.45) is 1.54. The van der Waals surface area contributed by atoms with Gasteiger partial charge in [0.2, 0.25) is 0 Å². The Bertz CT molecular complexity index is 748. The predicted molar refractivity (Wildman–Crippen MR) is 96.4 cm³/mol. The van der Waals surface area contributed by atoms with Gasteiger partial charge in [-0.3, -0.25) is 9.59 Å². The van der Waals surface area contributed by atoms with Crippen molar-refractivity contribution in [3.63, 3.8) is 0 Å². The monoisotopic (exact) mass is 355 g/mol. The molecular formula is C19H21N3O4. The van der Waals surface area contributed by atoms with E-state index in [9.17, 15) is 14.4 Å². The van der Waals surface area contributed by atoms with E-state index in [1.165, 1.54) is 6.20 Å². The number of pyridine rings is 1. The summed E-state index contributed by atoms with van der Waals surface area (Å²) in [5.74, 6) is -1.38. The molecule has 136 valence electrons. The molecule has 0 aliphatic carbocycles. The first-order valence-corrected chi connectivity index (χ1v) is 8.21. The zero-order valence-electron chi connectivity index (χ0n) is 14.6. The third-order valence-corrected chi connectivity index (χ3v) is 3.52. The number of esters is 1. The van der Waals surface area contributed by atoms with E-state index in [1.807, 2.05) is 0 Å². The smallest absolute Gasteiger partial charge is 0.329 e. The lowest BCUT2D eigenvalue weighted by molar-refractivity contribution is -0.150. The fourth-order valence-corrected chi connectivity index (χ4v) is 2.15. The Hall–Kier alpha value is -3.22. The van der Waals surface area contributed by atoms with Crippen LogP contribution in [-0.4, -0.2) is 35.4 Å². The highest BCUT2D eigenvalue weighted by Gasteiger charge is 2.26. The lowest BCUT2D eigenvalue weighted by Crippen LogP contribution is -2.45. The van der Waals surface area contributed by atoms with Gasteiger partial charge < -0.3 is 15.4 Å². The van der Waals surface area contributed by atoms with Crippen molar-refractivity contribution in [1.82, 2.24) is 10.3 Å². The van der Waals surface area contributed by atoms with Gasteiger partial charge in [0.1, 0.15) is 11.9 Å². The molecule has 0 fully saturated rings. The topological polar surface area (TPSA) is 97.4 Å². The lowest BCUT2D eigenvalue weighted by atomic mass is 10.0. The van der Waals surface area contributed by atoms with Gasteiger partial charge in [0.25, 0.3) is 11.8 Å². The molecule has 7 heteroatoms. The minimum absolute atomic E-state index is 0.200. The van der Waals surface area contributed by atoms with Gasteiger partial charge in [0.05, 0.1) is 0 Å². The normalized spacial score (nSPS) is 11.5. The van der Waals surface area contributed by atoms with Crippen LogP contribution in [0.3, 0.4) is 0 Å². The Morgan fingerprint density at radius 1 is 1.04 bits per heavy atom. The van der Waals surface area contributed by atoms with Crippen LogP contribution in [0.2, 0.25) is 0 Å². The predicted octanol–water partition coefficient (Wildman–Crippen LogP) is 2.02. The third kappa shape index (κ3) is 5.70. The summed E-state index contributed by atoms with van der Waals surface area (Å²) >= 11 is 0. The molecule has 2 N–H and O–H groups in total. The Kier molecular flexibility index (Phi) is 6.84. The van der Waals surface area contributed by atoms with Crippen molar-refractivity contribution in [3.8, 4) is 0 Å². The number of anilines is 1. The van der Waals surface area contributed by atoms with Crippen molar-refractivity contribution in [2.24, 2.45) is 5.92 Å². The van der Waals surface area contributed by atoms with Gasteiger partial charge in [0.15, 0.2) is 6.61 Å². The van der Waals surface area contributed by atoms with Crippen molar-refractivity contribution >= 4 is 23.6 Å². The zero-order valence-corrected chi connectivity index (χ0v) is 14.6. The van der Waals surface area contributed by atoms with Gasteiger partial charge in [-0.1, -0.05) is 38.1 Å². The first-order valence-electron chi connectivity index (χ1n) is 8.21. The zero-order chi connectivity index (χ0) is 18.9. The van der Waals surface area contributed by atoms with Crippen LogP contribution in [0.25, 0.3) is 0 Å². The lowest BCUT2D eigenvalue weighted by Gasteiger charge is -2.20. The number of benzene rings is 1. The van der Waals surface area contributed by atoms with Crippen molar-refractivity contribution < 1.29 is 19.1 Å². The van der Waals surface area contributed by atoms with Crippen molar-refractivity contribution in [1.29, 1.82) is 0 Å². The molecule has 2 aromatic rings. The standard InChI is InChI=1S/C19H21N3O4/c1-13(2)17(22-18(24)14-8-4-3-5-9-14)19(25)26-12-16(23)21-15-10-6-7-11-20-15/h3-11,13,17H,12H2,1-2H3,(H,22,24)(H,20,21,23)/t17-/m1/s1. The maximum Gasteiger partial charge on any atom is 0.329 e. The number of nitrogens with zero attached hydrogens (tertiary/aromatic N) is 1. The number of aromatic nitrogens is 1. The van der Waals surface area contributed by atoms with Gasteiger partial charge in [-0.2, -0.15) is 0 Å². The Labute approximate surface area is 151 Å². The number of carbonyl (C=O) groups excluding carboxylic acids is 3. The minimum atomic E-state index is -0.856. The van der Waals surface area contributed by atoms with Crippen molar-refractivity contribution in [2.45, 2.75) is 19.9 Å². The second-order valence-electron chi connectivity index (χ2n) is 5.93. The fraction of sp³-hybridized carbons (Fsp3) is 0.263. The minimum Gasteiger partial charge on any atom is -0.454 e. The average Bonchev–Trinajstić information content (AvgIpc) is 2.65. The third-order valence-electron chi connectivity index (χ3n) is 3.52. The van der Waals surface area contributed by atoms with Gasteiger partial charge in [-0.05, 0) is 30.2 Å². The van der Waals surface area contributed by atoms with Crippen LogP contribution < -0.4 is 10.6 Å². The maximum atomic E-state index is 12.3. The van der Waals surface area contributed by atoms with E-state index in [1.54, 1.807) is 62.4 Å². The molecule has 0 spiro atoms. The molecule has 1 atom stereocenters. The van der Waals surface area contributed by atoms with E-state index in [-0.39, 0.29) is 11.8 Å². The van der Waals surface area contributed by atoms with E-state index in [0.717, 1.165) is 0 Å². The first-order chi connectivity index (χ1) is 12.5. The molecule has 1 aromatic heterocycles. The van der Waals surface area contributed by atoms with E-state index >= 15 is 0 Å². The van der Waals surface area contributed by atoms with Crippen LogP contribution in [0.15, 0.2) is 54.7 Å². The second kappa shape index (κ2) is 9.31. The molecule has 0 aliphatic heterocycles. The van der Waals surface area contributed by atoms with Crippen LogP contribution in [0.1, 0.15) is 24.2 Å². The van der Waals surface area contributed by atoms with Crippen LogP contribution in [0, 0.1) is 5.92 Å². The second-order valence-corrected chi connectivity index (χ2v) is 5.93. The van der Waals surface area contributed by atoms with E-state index in [0.29, 0.717) is 11.4 Å². The Morgan fingerprint density at radius 3 is 2.35 bits per heavy atom. The molecule has 0 bridgehead atoms. The van der Waals surface area contributed by atoms with E-state index < -0.39 is 24.5 Å². The molecule has 0 saturated heterocycles. The molecule has 7 nitrogen and oxygen atoms in total. The summed E-state index contributed by atoms with van der Waals surface area (Å²) in [6, 6.07) is 12.8. The van der Waals surface area contributed by atoms with Gasteiger partial charge >= 0.3 is 5.97 Å². The van der Waals surface area contributed by atoms with Crippen LogP contribution in [0.5, 0.6) is 0 Å². The largest absolute Gasteiger partial charge is 0.454 e. The molecule has 1 heterocycles. The number of hydrogen-bond acceptors (Lipinski definition) is 5. The molecule has 1 aromatic carbocycles. The first kappa shape index (κ1) is 19.1. The van der Waals surface area contributed by atoms with Gasteiger partial charge in [-0.15, -0.1) is 0 Å². The number of carbonyl (C=O) groups is 3. The number of ether oxygens (including phenoxy) is 1. The van der Waals surface area contributed by atoms with Gasteiger partial charge in [0, 0.05) is 11.8 Å². The maximum absolute atomic E-state index is 12.3. The summed E-state index contributed by atoms with van der Waals surface area (Å²) < 4.78 is 5.04. The number of hydrogen-bond donors (Lipinski definition) is 2. The molecule has 0 saturated carbocycles. The Morgan fingerprint density at radius 2 is 1.73 bits per heavy atom. The van der Waals surface area contributed by atoms with Crippen LogP contribution in [0.4, 0.5) is 5.82 Å². The molecule has 2 rings (SSSR count). The quantitative estimate of drug-likeness (QED) is 0.741. The van der Waals surface area contributed by atoms with E-state index in [4.69, 9.17) is 4.74 Å². The summed E-state index contributed by atoms with van der Waals surface area (Å²) in [5.41, 5.74) is 0.443. The molecule has 0 radical (unpaired) electrons. The number of nitrogens with one attached hydrogen (secondary N) is 2. The summed E-state index contributed by atoms with van der Waals surface area (Å²) in [4.78, 5) is 40.3. The van der Waals surface area contributed by atoms with Crippen molar-refractivity contribution in [2.75, 3.05) is 11.9 Å². The fourth-order valence-electron chi connectivity index (χ4n) is 2.15. The number of amides is 2. The van der Waals surface area contributed by atoms with Gasteiger partial charge in [-0.25, -0.2) is 9.78 Å². The summed E-state index contributed by atoms with van der Waals surface area (Å²) in [6.45, 7) is 3.11. The molecule has 26 heavy (non-hydrogen) atoms. The van der Waals surface area contributed by atoms with E-state index in [2.05, 4.69) is 15.6 Å². The highest BCUT2D eigenvalue weighted by Crippen LogP contribution is 2.07. The molecular weight excluding hydrogens is 334 g/mol. The van der Waals surface area contributed by atoms with Crippen molar-refractivity contribution in [3.05, 3.63) is 60.3 Å². The highest BCUT2D eigenvalue weighted by atomic mass is 16.5. The SMILES string of the molecule is CC(C)[C@@H](NC(=O)c1ccccc1)C(=O)OCC(=O)Nc1ccccn1. The summed E-state index contributed by atoms with van der Waals surface area (Å²) in [7, 11) is 0. The average molecular weight is 355 g/mol. The molecule has 0 unspecified atom stereocenters. The Balaban J connectivity index is 1.89. The molecule has 0 aliphatic rings. The molecule has 2 amide bonds. The highest BCUT2D eigenvalue weighted by molar-refractivity contribution is 5.97.